The molecule has 128 valence electrons. The molecule has 0 radical (unpaired) electrons. The second-order valence-electron chi connectivity index (χ2n) is 6.23. The molecule has 1 aliphatic rings. The third-order valence-corrected chi connectivity index (χ3v) is 5.19. The van der Waals surface area contributed by atoms with E-state index in [4.69, 9.17) is 0 Å². The van der Waals surface area contributed by atoms with E-state index in [0.29, 0.717) is 10.1 Å². The van der Waals surface area contributed by atoms with Gasteiger partial charge in [0.05, 0.1) is 0 Å². The zero-order valence-electron chi connectivity index (χ0n) is 14.6. The molecule has 0 aliphatic carbocycles. The van der Waals surface area contributed by atoms with Crippen molar-refractivity contribution in [2.75, 3.05) is 19.0 Å². The molecule has 3 aromatic rings. The van der Waals surface area contributed by atoms with Crippen molar-refractivity contribution < 1.29 is 9.36 Å². The monoisotopic (exact) mass is 360 g/mol. The maximum atomic E-state index is 12.6. The second kappa shape index (κ2) is 6.77. The van der Waals surface area contributed by atoms with E-state index in [9.17, 15) is 4.79 Å². The molecule has 0 atom stereocenters. The number of fused-ring (bicyclic) bond motifs is 1. The summed E-state index contributed by atoms with van der Waals surface area (Å²) >= 11 is 1.41. The smallest absolute Gasteiger partial charge is 0.372 e. The molecule has 2 heterocycles. The van der Waals surface area contributed by atoms with Crippen molar-refractivity contribution in [3.05, 3.63) is 77.3 Å². The number of benzene rings is 2. The number of hydrogen-bond donors (Lipinski definition) is 0. The molecule has 2 aromatic carbocycles. The number of anilines is 1. The first kappa shape index (κ1) is 16.5. The summed E-state index contributed by atoms with van der Waals surface area (Å²) in [6.45, 7) is 0. The van der Waals surface area contributed by atoms with Crippen LogP contribution in [0.25, 0.3) is 17.3 Å². The summed E-state index contributed by atoms with van der Waals surface area (Å²) in [6, 6.07) is 20.0. The third kappa shape index (κ3) is 3.13. The molecule has 0 saturated carbocycles. The van der Waals surface area contributed by atoms with Crippen LogP contribution in [0.5, 0.6) is 0 Å². The lowest BCUT2D eigenvalue weighted by Crippen LogP contribution is -2.40. The summed E-state index contributed by atoms with van der Waals surface area (Å²) in [7, 11) is 4.01. The van der Waals surface area contributed by atoms with Crippen LogP contribution in [0.1, 0.15) is 10.4 Å². The first-order chi connectivity index (χ1) is 12.6. The van der Waals surface area contributed by atoms with Gasteiger partial charge in [-0.3, -0.25) is 0 Å². The predicted octanol–water partition coefficient (Wildman–Crippen LogP) is 3.89. The van der Waals surface area contributed by atoms with Crippen LogP contribution < -0.4 is 9.47 Å². The van der Waals surface area contributed by atoms with E-state index < -0.39 is 0 Å². The van der Waals surface area contributed by atoms with Crippen molar-refractivity contribution in [2.45, 2.75) is 5.16 Å². The molecule has 4 rings (SSSR count). The SMILES string of the molecule is CN(C)c1ccc(C=C2Sc3nc(-c4ccccc4)cc[n+]3C2=O)cc1. The molecule has 0 N–H and O–H groups in total. The fourth-order valence-electron chi connectivity index (χ4n) is 2.77. The molecule has 0 bridgehead atoms. The maximum Gasteiger partial charge on any atom is 0.372 e. The highest BCUT2D eigenvalue weighted by molar-refractivity contribution is 8.04. The average Bonchev–Trinajstić information content (AvgIpc) is 2.98. The van der Waals surface area contributed by atoms with Gasteiger partial charge in [0.2, 0.25) is 0 Å². The fourth-order valence-corrected chi connectivity index (χ4v) is 3.73. The number of allylic oxidation sites excluding steroid dienone is 1. The van der Waals surface area contributed by atoms with Gasteiger partial charge in [-0.05, 0) is 28.8 Å². The number of thioether (sulfide) groups is 1. The van der Waals surface area contributed by atoms with Gasteiger partial charge < -0.3 is 4.90 Å². The van der Waals surface area contributed by atoms with Gasteiger partial charge in [-0.1, -0.05) is 42.5 Å². The molecule has 26 heavy (non-hydrogen) atoms. The van der Waals surface area contributed by atoms with Crippen molar-refractivity contribution in [1.29, 1.82) is 0 Å². The Morgan fingerprint density at radius 3 is 2.42 bits per heavy atom. The number of aromatic nitrogens is 2. The van der Waals surface area contributed by atoms with E-state index in [1.54, 1.807) is 10.8 Å². The Labute approximate surface area is 156 Å². The van der Waals surface area contributed by atoms with Gasteiger partial charge in [0.15, 0.2) is 5.69 Å². The molecule has 0 amide bonds. The molecule has 0 unspecified atom stereocenters. The Morgan fingerprint density at radius 1 is 1.00 bits per heavy atom. The number of hydrogen-bond acceptors (Lipinski definition) is 4. The highest BCUT2D eigenvalue weighted by Gasteiger charge is 2.35. The summed E-state index contributed by atoms with van der Waals surface area (Å²) in [5, 5.41) is 0.701. The summed E-state index contributed by atoms with van der Waals surface area (Å²) in [5.41, 5.74) is 4.04. The summed E-state index contributed by atoms with van der Waals surface area (Å²) in [4.78, 5) is 20.0. The van der Waals surface area contributed by atoms with Crippen molar-refractivity contribution in [2.24, 2.45) is 0 Å². The molecule has 1 aliphatic heterocycles. The fraction of sp³-hybridized carbons (Fsp3) is 0.0952. The molecule has 0 spiro atoms. The highest BCUT2D eigenvalue weighted by Crippen LogP contribution is 2.31. The number of carbonyl (C=O) groups is 1. The van der Waals surface area contributed by atoms with E-state index in [1.807, 2.05) is 85.7 Å². The lowest BCUT2D eigenvalue weighted by molar-refractivity contribution is -0.612. The lowest BCUT2D eigenvalue weighted by Gasteiger charge is -2.11. The standard InChI is InChI=1S/C21H18N3OS/c1-23(2)17-10-8-15(9-11-17)14-19-20(25)24-13-12-18(22-21(24)26-19)16-6-4-3-5-7-16/h3-14H,1-2H3/q+1. The van der Waals surface area contributed by atoms with Gasteiger partial charge in [0.25, 0.3) is 0 Å². The van der Waals surface area contributed by atoms with Crippen LogP contribution in [-0.4, -0.2) is 25.0 Å². The van der Waals surface area contributed by atoms with Gasteiger partial charge in [-0.2, -0.15) is 4.57 Å². The first-order valence-electron chi connectivity index (χ1n) is 8.31. The van der Waals surface area contributed by atoms with E-state index >= 15 is 0 Å². The average molecular weight is 360 g/mol. The summed E-state index contributed by atoms with van der Waals surface area (Å²) < 4.78 is 1.61. The van der Waals surface area contributed by atoms with Gasteiger partial charge in [0.1, 0.15) is 11.1 Å². The molecule has 0 saturated heterocycles. The quantitative estimate of drug-likeness (QED) is 0.403. The van der Waals surface area contributed by atoms with Crippen LogP contribution in [0, 0.1) is 0 Å². The first-order valence-corrected chi connectivity index (χ1v) is 9.13. The van der Waals surface area contributed by atoms with E-state index in [-0.39, 0.29) is 5.91 Å². The van der Waals surface area contributed by atoms with Crippen LogP contribution >= 0.6 is 11.8 Å². The number of nitrogens with zero attached hydrogens (tertiary/aromatic N) is 3. The Morgan fingerprint density at radius 2 is 1.73 bits per heavy atom. The Hall–Kier alpha value is -2.92. The lowest BCUT2D eigenvalue weighted by atomic mass is 10.1. The predicted molar refractivity (Wildman–Crippen MR) is 105 cm³/mol. The zero-order chi connectivity index (χ0) is 18.1. The van der Waals surface area contributed by atoms with E-state index in [1.165, 1.54) is 11.8 Å². The Kier molecular flexibility index (Phi) is 4.31. The van der Waals surface area contributed by atoms with Gasteiger partial charge in [-0.15, -0.1) is 0 Å². The van der Waals surface area contributed by atoms with Gasteiger partial charge in [0, 0.05) is 43.2 Å². The minimum absolute atomic E-state index is 0.0335. The molecule has 0 fully saturated rings. The van der Waals surface area contributed by atoms with Crippen LogP contribution in [0.4, 0.5) is 5.69 Å². The normalized spacial score (nSPS) is 14.5. The third-order valence-electron chi connectivity index (χ3n) is 4.21. The minimum Gasteiger partial charge on any atom is -0.378 e. The Balaban J connectivity index is 1.63. The highest BCUT2D eigenvalue weighted by atomic mass is 32.2. The van der Waals surface area contributed by atoms with Crippen molar-refractivity contribution in [3.63, 3.8) is 0 Å². The second-order valence-corrected chi connectivity index (χ2v) is 7.24. The van der Waals surface area contributed by atoms with Crippen LogP contribution in [0.2, 0.25) is 0 Å². The summed E-state index contributed by atoms with van der Waals surface area (Å²) in [6.07, 6.45) is 3.72. The van der Waals surface area contributed by atoms with Crippen LogP contribution in [-0.2, 0) is 0 Å². The molecule has 5 heteroatoms. The maximum absolute atomic E-state index is 12.6. The zero-order valence-corrected chi connectivity index (χ0v) is 15.4. The van der Waals surface area contributed by atoms with E-state index in [2.05, 4.69) is 4.98 Å². The van der Waals surface area contributed by atoms with Crippen molar-refractivity contribution >= 4 is 29.4 Å². The van der Waals surface area contributed by atoms with Gasteiger partial charge >= 0.3 is 11.1 Å². The number of rotatable bonds is 3. The molecular weight excluding hydrogens is 342 g/mol. The largest absolute Gasteiger partial charge is 0.378 e. The molecular formula is C21H18N3OS+. The van der Waals surface area contributed by atoms with Crippen molar-refractivity contribution in [1.82, 2.24) is 4.98 Å². The number of carbonyl (C=O) groups excluding carboxylic acids is 1. The van der Waals surface area contributed by atoms with Crippen LogP contribution in [0.3, 0.4) is 0 Å². The molecule has 4 nitrogen and oxygen atoms in total. The Bertz CT molecular complexity index is 996. The van der Waals surface area contributed by atoms with Gasteiger partial charge in [-0.25, -0.2) is 4.79 Å². The summed E-state index contributed by atoms with van der Waals surface area (Å²) in [5.74, 6) is -0.0335. The van der Waals surface area contributed by atoms with Crippen LogP contribution in [0.15, 0.2) is 76.9 Å². The minimum atomic E-state index is -0.0335. The van der Waals surface area contributed by atoms with Crippen molar-refractivity contribution in [3.8, 4) is 11.3 Å². The molecule has 1 aromatic heterocycles. The van der Waals surface area contributed by atoms with E-state index in [0.717, 1.165) is 22.5 Å². The topological polar surface area (TPSA) is 37.1 Å².